The molecule has 0 bridgehead atoms. The Kier molecular flexibility index (Phi) is 4.15. The van der Waals surface area contributed by atoms with Crippen LogP contribution in [-0.2, 0) is 0 Å². The van der Waals surface area contributed by atoms with Gasteiger partial charge in [-0.2, -0.15) is 0 Å². The molecule has 1 atom stereocenters. The molecule has 1 nitrogen and oxygen atoms in total. The number of hydrogen-bond acceptors (Lipinski definition) is 1. The van der Waals surface area contributed by atoms with E-state index in [1.54, 1.807) is 0 Å². The van der Waals surface area contributed by atoms with Gasteiger partial charge in [0.05, 0.1) is 0 Å². The van der Waals surface area contributed by atoms with Gasteiger partial charge < -0.3 is 4.90 Å². The maximum atomic E-state index is 2.32. The van der Waals surface area contributed by atoms with Crippen LogP contribution in [0.15, 0.2) is 24.3 Å². The van der Waals surface area contributed by atoms with Gasteiger partial charge in [0.2, 0.25) is 0 Å². The van der Waals surface area contributed by atoms with Crippen LogP contribution in [0.3, 0.4) is 0 Å². The Morgan fingerprint density at radius 3 is 1.94 bits per heavy atom. The zero-order chi connectivity index (χ0) is 12.3. The van der Waals surface area contributed by atoms with Gasteiger partial charge in [-0.1, -0.05) is 50.6 Å². The molecule has 16 heavy (non-hydrogen) atoms. The highest BCUT2D eigenvalue weighted by Crippen LogP contribution is 2.32. The first-order valence-corrected chi connectivity index (χ1v) is 6.02. The first-order chi connectivity index (χ1) is 7.29. The van der Waals surface area contributed by atoms with E-state index in [1.165, 1.54) is 17.5 Å². The molecule has 0 aromatic heterocycles. The third-order valence-corrected chi connectivity index (χ3v) is 2.89. The van der Waals surface area contributed by atoms with Gasteiger partial charge in [-0.05, 0) is 38.4 Å². The minimum atomic E-state index is 0.361. The Labute approximate surface area is 100 Å². The SMILES string of the molecule is Cc1ccc(C(CC(C)(C)C)N(C)C)cc1. The standard InChI is InChI=1S/C15H25N/c1-12-7-9-13(10-8-12)14(16(5)6)11-15(2,3)4/h7-10,14H,11H2,1-6H3. The van der Waals surface area contributed by atoms with Crippen molar-refractivity contribution in [1.29, 1.82) is 0 Å². The van der Waals surface area contributed by atoms with Crippen molar-refractivity contribution < 1.29 is 0 Å². The van der Waals surface area contributed by atoms with Crippen LogP contribution in [0.2, 0.25) is 0 Å². The molecule has 0 fully saturated rings. The fourth-order valence-electron chi connectivity index (χ4n) is 1.97. The maximum Gasteiger partial charge on any atom is 0.0347 e. The molecule has 0 aliphatic rings. The van der Waals surface area contributed by atoms with Crippen LogP contribution in [0.1, 0.15) is 44.4 Å². The number of rotatable bonds is 3. The normalized spacial score (nSPS) is 14.2. The van der Waals surface area contributed by atoms with Crippen LogP contribution in [-0.4, -0.2) is 19.0 Å². The quantitative estimate of drug-likeness (QED) is 0.741. The summed E-state index contributed by atoms with van der Waals surface area (Å²) in [6.07, 6.45) is 1.18. The van der Waals surface area contributed by atoms with Crippen LogP contribution in [0.5, 0.6) is 0 Å². The highest BCUT2D eigenvalue weighted by Gasteiger charge is 2.21. The molecule has 1 aromatic carbocycles. The van der Waals surface area contributed by atoms with Crippen molar-refractivity contribution in [1.82, 2.24) is 4.90 Å². The van der Waals surface area contributed by atoms with Crippen LogP contribution in [0.4, 0.5) is 0 Å². The van der Waals surface area contributed by atoms with Crippen LogP contribution in [0, 0.1) is 12.3 Å². The fraction of sp³-hybridized carbons (Fsp3) is 0.600. The number of nitrogens with zero attached hydrogens (tertiary/aromatic N) is 1. The van der Waals surface area contributed by atoms with Crippen LogP contribution in [0.25, 0.3) is 0 Å². The second-order valence-corrected chi connectivity index (χ2v) is 6.15. The zero-order valence-corrected chi connectivity index (χ0v) is 11.5. The molecule has 0 saturated carbocycles. The van der Waals surface area contributed by atoms with Gasteiger partial charge in [-0.3, -0.25) is 0 Å². The van der Waals surface area contributed by atoms with E-state index in [1.807, 2.05) is 0 Å². The molecule has 0 amide bonds. The van der Waals surface area contributed by atoms with E-state index in [0.29, 0.717) is 11.5 Å². The van der Waals surface area contributed by atoms with E-state index in [4.69, 9.17) is 0 Å². The third-order valence-electron chi connectivity index (χ3n) is 2.89. The highest BCUT2D eigenvalue weighted by molar-refractivity contribution is 5.24. The summed E-state index contributed by atoms with van der Waals surface area (Å²) in [6.45, 7) is 9.05. The predicted molar refractivity (Wildman–Crippen MR) is 71.7 cm³/mol. The van der Waals surface area contributed by atoms with Gasteiger partial charge >= 0.3 is 0 Å². The first kappa shape index (κ1) is 13.2. The van der Waals surface area contributed by atoms with E-state index in [0.717, 1.165) is 0 Å². The number of hydrogen-bond donors (Lipinski definition) is 0. The Morgan fingerprint density at radius 1 is 1.06 bits per heavy atom. The summed E-state index contributed by atoms with van der Waals surface area (Å²) in [7, 11) is 4.33. The van der Waals surface area contributed by atoms with E-state index in [9.17, 15) is 0 Å². The van der Waals surface area contributed by atoms with Crippen LogP contribution >= 0.6 is 0 Å². The summed E-state index contributed by atoms with van der Waals surface area (Å²) < 4.78 is 0. The van der Waals surface area contributed by atoms with Gasteiger partial charge in [0, 0.05) is 6.04 Å². The second kappa shape index (κ2) is 5.01. The first-order valence-electron chi connectivity index (χ1n) is 6.02. The lowest BCUT2D eigenvalue weighted by Gasteiger charge is -2.31. The van der Waals surface area contributed by atoms with Gasteiger partial charge in [0.1, 0.15) is 0 Å². The lowest BCUT2D eigenvalue weighted by molar-refractivity contribution is 0.211. The maximum absolute atomic E-state index is 2.32. The summed E-state index contributed by atoms with van der Waals surface area (Å²) >= 11 is 0. The zero-order valence-electron chi connectivity index (χ0n) is 11.5. The van der Waals surface area contributed by atoms with Crippen molar-refractivity contribution >= 4 is 0 Å². The summed E-state index contributed by atoms with van der Waals surface area (Å²) in [5.74, 6) is 0. The molecule has 0 aliphatic carbocycles. The van der Waals surface area contributed by atoms with E-state index in [-0.39, 0.29) is 0 Å². The molecule has 1 rings (SSSR count). The molecular formula is C15H25N. The molecule has 0 spiro atoms. The molecule has 0 N–H and O–H groups in total. The summed E-state index contributed by atoms with van der Waals surface area (Å²) in [5, 5.41) is 0. The lowest BCUT2D eigenvalue weighted by Crippen LogP contribution is -2.24. The molecule has 1 heteroatoms. The molecule has 90 valence electrons. The minimum Gasteiger partial charge on any atom is -0.302 e. The Hall–Kier alpha value is -0.820. The van der Waals surface area contributed by atoms with E-state index < -0.39 is 0 Å². The largest absolute Gasteiger partial charge is 0.302 e. The van der Waals surface area contributed by atoms with Crippen molar-refractivity contribution in [2.45, 2.75) is 40.2 Å². The molecule has 0 heterocycles. The second-order valence-electron chi connectivity index (χ2n) is 6.15. The minimum absolute atomic E-state index is 0.361. The molecule has 0 radical (unpaired) electrons. The Balaban J connectivity index is 2.90. The van der Waals surface area contributed by atoms with Gasteiger partial charge in [-0.25, -0.2) is 0 Å². The third kappa shape index (κ3) is 3.97. The molecular weight excluding hydrogens is 194 g/mol. The van der Waals surface area contributed by atoms with Crippen molar-refractivity contribution in [3.8, 4) is 0 Å². The molecule has 0 saturated heterocycles. The molecule has 1 aromatic rings. The molecule has 0 aliphatic heterocycles. The average Bonchev–Trinajstić information content (AvgIpc) is 2.14. The van der Waals surface area contributed by atoms with Gasteiger partial charge in [-0.15, -0.1) is 0 Å². The monoisotopic (exact) mass is 219 g/mol. The molecule has 1 unspecified atom stereocenters. The van der Waals surface area contributed by atoms with Crippen LogP contribution < -0.4 is 0 Å². The van der Waals surface area contributed by atoms with Crippen molar-refractivity contribution in [3.63, 3.8) is 0 Å². The summed E-state index contributed by atoms with van der Waals surface area (Å²) in [6, 6.07) is 9.43. The Bertz CT molecular complexity index is 316. The smallest absolute Gasteiger partial charge is 0.0347 e. The predicted octanol–water partition coefficient (Wildman–Crippen LogP) is 4.03. The lowest BCUT2D eigenvalue weighted by atomic mass is 9.85. The topological polar surface area (TPSA) is 3.24 Å². The Morgan fingerprint density at radius 2 is 1.56 bits per heavy atom. The highest BCUT2D eigenvalue weighted by atomic mass is 15.1. The van der Waals surface area contributed by atoms with E-state index in [2.05, 4.69) is 71.0 Å². The number of aryl methyl sites for hydroxylation is 1. The summed E-state index contributed by atoms with van der Waals surface area (Å²) in [4.78, 5) is 2.32. The van der Waals surface area contributed by atoms with Gasteiger partial charge in [0.25, 0.3) is 0 Å². The average molecular weight is 219 g/mol. The summed E-state index contributed by atoms with van der Waals surface area (Å²) in [5.41, 5.74) is 3.11. The van der Waals surface area contributed by atoms with Crippen molar-refractivity contribution in [3.05, 3.63) is 35.4 Å². The number of benzene rings is 1. The van der Waals surface area contributed by atoms with Crippen molar-refractivity contribution in [2.24, 2.45) is 5.41 Å². The fourth-order valence-corrected chi connectivity index (χ4v) is 1.97. The van der Waals surface area contributed by atoms with Gasteiger partial charge in [0.15, 0.2) is 0 Å². The van der Waals surface area contributed by atoms with Crippen molar-refractivity contribution in [2.75, 3.05) is 14.1 Å². The van der Waals surface area contributed by atoms with E-state index >= 15 is 0 Å².